The zero-order valence-electron chi connectivity index (χ0n) is 50.1. The summed E-state index contributed by atoms with van der Waals surface area (Å²) in [6.45, 7) is 4.75. The fourth-order valence-corrected chi connectivity index (χ4v) is 10.6. The molecule has 2 aliphatic rings. The van der Waals surface area contributed by atoms with Crippen molar-refractivity contribution in [2.24, 2.45) is 0 Å². The largest absolute Gasteiger partial charge is 0.463 e. The van der Waals surface area contributed by atoms with Gasteiger partial charge < -0.3 is 63.8 Å². The van der Waals surface area contributed by atoms with Gasteiger partial charge in [-0.2, -0.15) is 0 Å². The van der Waals surface area contributed by atoms with Crippen molar-refractivity contribution in [2.75, 3.05) is 26.4 Å². The average molecular weight is 1130 g/mol. The third-order valence-electron chi connectivity index (χ3n) is 15.8. The van der Waals surface area contributed by atoms with E-state index >= 15 is 0 Å². The lowest BCUT2D eigenvalue weighted by molar-refractivity contribution is -0.368. The van der Waals surface area contributed by atoms with Crippen LogP contribution in [0.4, 0.5) is 0 Å². The predicted molar refractivity (Wildman–Crippen MR) is 308 cm³/mol. The fraction of sp³-hybridized carbons (Fsp3) is 0.952. The first-order valence-corrected chi connectivity index (χ1v) is 32.6. The summed E-state index contributed by atoms with van der Waals surface area (Å²) < 4.78 is 40.8. The summed E-state index contributed by atoms with van der Waals surface area (Å²) >= 11 is 0. The molecule has 0 radical (unpaired) electrons. The normalized spacial score (nSPS) is 23.7. The minimum atomic E-state index is -1.86. The molecular weight excluding hydrogens is 1010 g/mol. The monoisotopic (exact) mass is 1130 g/mol. The van der Waals surface area contributed by atoms with Crippen LogP contribution in [0.3, 0.4) is 0 Å². The lowest BCUT2D eigenvalue weighted by atomic mass is 9.97. The molecule has 0 spiro atoms. The highest BCUT2D eigenvalue weighted by Crippen LogP contribution is 2.31. The Labute approximate surface area is 478 Å². The zero-order valence-corrected chi connectivity index (χ0v) is 50.1. The molecule has 0 aromatic rings. The molecule has 2 saturated heterocycles. The van der Waals surface area contributed by atoms with Crippen molar-refractivity contribution in [3.8, 4) is 0 Å². The van der Waals surface area contributed by atoms with Crippen LogP contribution in [0.2, 0.25) is 0 Å². The van der Waals surface area contributed by atoms with Crippen molar-refractivity contribution in [3.05, 3.63) is 0 Å². The Kier molecular flexibility index (Phi) is 45.8. The lowest BCUT2D eigenvalue weighted by Gasteiger charge is -2.46. The van der Waals surface area contributed by atoms with Crippen LogP contribution in [-0.4, -0.2) is 142 Å². The molecule has 79 heavy (non-hydrogen) atoms. The Balaban J connectivity index is 2.03. The van der Waals surface area contributed by atoms with Crippen LogP contribution in [0.25, 0.3) is 0 Å². The number of rotatable bonds is 53. The molecule has 466 valence electrons. The summed E-state index contributed by atoms with van der Waals surface area (Å²) in [5.41, 5.74) is 0. The minimum Gasteiger partial charge on any atom is -0.463 e. The maximum atomic E-state index is 13.3. The first kappa shape index (κ1) is 73.1. The second-order valence-electron chi connectivity index (χ2n) is 23.1. The Morgan fingerprint density at radius 1 is 0.380 bits per heavy atom. The molecule has 2 heterocycles. The lowest BCUT2D eigenvalue weighted by Crippen LogP contribution is -2.65. The van der Waals surface area contributed by atoms with E-state index in [9.17, 15) is 45.0 Å². The van der Waals surface area contributed by atoms with Crippen LogP contribution in [0.15, 0.2) is 0 Å². The van der Waals surface area contributed by atoms with Gasteiger partial charge >= 0.3 is 17.9 Å². The summed E-state index contributed by atoms with van der Waals surface area (Å²) in [5.74, 6) is -1.45. The number of hydrogen-bond acceptors (Lipinski definition) is 16. The molecule has 16 heteroatoms. The fourth-order valence-electron chi connectivity index (χ4n) is 10.6. The van der Waals surface area contributed by atoms with Gasteiger partial charge in [0, 0.05) is 19.3 Å². The number of unbranched alkanes of at least 4 members (excludes halogenated alkanes) is 36. The molecule has 2 rings (SSSR count). The van der Waals surface area contributed by atoms with Gasteiger partial charge in [0.25, 0.3) is 0 Å². The third-order valence-corrected chi connectivity index (χ3v) is 15.8. The molecular formula is C63H118O16. The van der Waals surface area contributed by atoms with Gasteiger partial charge in [-0.25, -0.2) is 0 Å². The molecule has 0 aromatic heterocycles. The molecule has 0 aliphatic carbocycles. The summed E-state index contributed by atoms with van der Waals surface area (Å²) in [6.07, 6.45) is 28.3. The number of aliphatic hydroxyl groups is 6. The Bertz CT molecular complexity index is 1440. The number of ether oxygens (including phenoxy) is 7. The predicted octanol–water partition coefficient (Wildman–Crippen LogP) is 12.1. The summed E-state index contributed by atoms with van der Waals surface area (Å²) in [4.78, 5) is 39.3. The van der Waals surface area contributed by atoms with Gasteiger partial charge in [-0.15, -0.1) is 0 Å². The standard InChI is InChI=1S/C63H118O16/c1-4-7-10-13-16-19-22-25-28-31-34-37-40-43-53(65)73-47-50(76-55(67)45-42-39-36-33-30-27-24-21-18-15-12-9-6-3)48-75-63-61(79-62-60(72)58(70)56(68)51(46-64)77-62)59(71)57(69)52(78-63)49-74-54(66)44-41-38-35-32-29-26-23-20-17-14-11-8-5-2/h50-52,56-64,68-72H,4-49H2,1-3H3/t50-,51-,52-,56-,57-,58+,59+,60-,61-,62-,63+/m1/s1. The van der Waals surface area contributed by atoms with E-state index in [1.165, 1.54) is 173 Å². The first-order chi connectivity index (χ1) is 38.5. The van der Waals surface area contributed by atoms with Gasteiger partial charge in [-0.05, 0) is 19.3 Å². The van der Waals surface area contributed by atoms with E-state index in [4.69, 9.17) is 33.2 Å². The van der Waals surface area contributed by atoms with Gasteiger partial charge in [0.05, 0.1) is 13.2 Å². The number of aliphatic hydroxyl groups excluding tert-OH is 6. The van der Waals surface area contributed by atoms with Crippen LogP contribution in [0, 0.1) is 0 Å². The molecule has 0 unspecified atom stereocenters. The maximum absolute atomic E-state index is 13.3. The second kappa shape index (κ2) is 49.4. The highest BCUT2D eigenvalue weighted by Gasteiger charge is 2.51. The molecule has 0 aromatic carbocycles. The van der Waals surface area contributed by atoms with Gasteiger partial charge in [0.2, 0.25) is 0 Å². The van der Waals surface area contributed by atoms with E-state index in [0.29, 0.717) is 19.3 Å². The van der Waals surface area contributed by atoms with Crippen molar-refractivity contribution in [3.63, 3.8) is 0 Å². The summed E-state index contributed by atoms with van der Waals surface area (Å²) in [5, 5.41) is 64.5. The van der Waals surface area contributed by atoms with E-state index in [0.717, 1.165) is 57.8 Å². The number of carbonyl (C=O) groups excluding carboxylic acids is 3. The van der Waals surface area contributed by atoms with Crippen molar-refractivity contribution in [1.29, 1.82) is 0 Å². The van der Waals surface area contributed by atoms with Crippen LogP contribution in [0.5, 0.6) is 0 Å². The Hall–Kier alpha value is -1.99. The molecule has 2 aliphatic heterocycles. The van der Waals surface area contributed by atoms with E-state index in [-0.39, 0.29) is 25.9 Å². The third kappa shape index (κ3) is 35.7. The van der Waals surface area contributed by atoms with E-state index in [1.54, 1.807) is 0 Å². The zero-order chi connectivity index (χ0) is 57.6. The van der Waals surface area contributed by atoms with Gasteiger partial charge in [-0.3, -0.25) is 14.4 Å². The number of carbonyl (C=O) groups is 3. The number of esters is 3. The van der Waals surface area contributed by atoms with E-state index < -0.39 is 105 Å². The molecule has 0 amide bonds. The van der Waals surface area contributed by atoms with E-state index in [2.05, 4.69) is 20.8 Å². The Morgan fingerprint density at radius 2 is 0.722 bits per heavy atom. The SMILES string of the molecule is CCCCCCCCCCCCCCCC(=O)OC[C@H](CO[C@H]1O[C@H](COC(=O)CCCCCCCCCCCCCCC)[C@@H](O)[C@H](O)[C@H]1O[C@H]1O[C@H](CO)[C@@H](O)[C@H](O)[C@H]1O)OC(=O)CCCCCCCCCCCCCCC. The smallest absolute Gasteiger partial charge is 0.306 e. The van der Waals surface area contributed by atoms with Gasteiger partial charge in [0.15, 0.2) is 18.7 Å². The molecule has 0 saturated carbocycles. The van der Waals surface area contributed by atoms with Crippen molar-refractivity contribution >= 4 is 17.9 Å². The topological polar surface area (TPSA) is 237 Å². The molecule has 16 nitrogen and oxygen atoms in total. The quantitative estimate of drug-likeness (QED) is 0.0189. The minimum absolute atomic E-state index is 0.140. The summed E-state index contributed by atoms with van der Waals surface area (Å²) in [7, 11) is 0. The molecule has 2 fully saturated rings. The molecule has 11 atom stereocenters. The Morgan fingerprint density at radius 3 is 1.11 bits per heavy atom. The van der Waals surface area contributed by atoms with Crippen LogP contribution in [0.1, 0.15) is 290 Å². The van der Waals surface area contributed by atoms with Crippen LogP contribution in [-0.2, 0) is 47.5 Å². The highest BCUT2D eigenvalue weighted by molar-refractivity contribution is 5.70. The van der Waals surface area contributed by atoms with Crippen molar-refractivity contribution in [2.45, 2.75) is 358 Å². The van der Waals surface area contributed by atoms with Crippen LogP contribution >= 0.6 is 0 Å². The highest BCUT2D eigenvalue weighted by atomic mass is 16.8. The van der Waals surface area contributed by atoms with E-state index in [1.807, 2.05) is 0 Å². The van der Waals surface area contributed by atoms with Crippen molar-refractivity contribution < 1.29 is 78.2 Å². The van der Waals surface area contributed by atoms with Crippen molar-refractivity contribution in [1.82, 2.24) is 0 Å². The molecule has 6 N–H and O–H groups in total. The average Bonchev–Trinajstić information content (AvgIpc) is 3.52. The molecule has 0 bridgehead atoms. The van der Waals surface area contributed by atoms with Gasteiger partial charge in [0.1, 0.15) is 62.0 Å². The second-order valence-corrected chi connectivity index (χ2v) is 23.1. The van der Waals surface area contributed by atoms with Crippen LogP contribution < -0.4 is 0 Å². The summed E-state index contributed by atoms with van der Waals surface area (Å²) in [6, 6.07) is 0. The number of hydrogen-bond donors (Lipinski definition) is 6. The van der Waals surface area contributed by atoms with Gasteiger partial charge in [-0.1, -0.05) is 252 Å². The maximum Gasteiger partial charge on any atom is 0.306 e. The first-order valence-electron chi connectivity index (χ1n) is 32.6.